The predicted molar refractivity (Wildman–Crippen MR) is 70.4 cm³/mol. The molecule has 0 heterocycles. The van der Waals surface area contributed by atoms with Gasteiger partial charge in [-0.25, -0.2) is 4.79 Å². The van der Waals surface area contributed by atoms with Gasteiger partial charge < -0.3 is 16.2 Å². The monoisotopic (exact) mass is 295 g/mol. The summed E-state index contributed by atoms with van der Waals surface area (Å²) in [6.45, 7) is 0. The van der Waals surface area contributed by atoms with Crippen LogP contribution in [-0.2, 0) is 9.59 Å². The van der Waals surface area contributed by atoms with Crippen molar-refractivity contribution in [2.45, 2.75) is 18.9 Å². The fourth-order valence-electron chi connectivity index (χ4n) is 1.52. The smallest absolute Gasteiger partial charge is 0.326 e. The number of carbonyl (C=O) groups excluding carboxylic acids is 2. The van der Waals surface area contributed by atoms with Crippen molar-refractivity contribution in [2.24, 2.45) is 5.73 Å². The molecule has 0 saturated carbocycles. The molecule has 0 spiro atoms. The Balaban J connectivity index is 2.74. The molecule has 1 aromatic rings. The molecule has 0 fully saturated rings. The van der Waals surface area contributed by atoms with Gasteiger partial charge >= 0.3 is 5.97 Å². The molecular formula is C12H13N3O6. The van der Waals surface area contributed by atoms with Gasteiger partial charge in [0.25, 0.3) is 11.6 Å². The number of amides is 2. The number of nitrogens with two attached hydrogens (primary N) is 1. The van der Waals surface area contributed by atoms with Crippen LogP contribution >= 0.6 is 0 Å². The highest BCUT2D eigenvalue weighted by Gasteiger charge is 2.21. The lowest BCUT2D eigenvalue weighted by molar-refractivity contribution is -0.384. The summed E-state index contributed by atoms with van der Waals surface area (Å²) in [5.41, 5.74) is 4.81. The molecule has 1 atom stereocenters. The first-order valence-corrected chi connectivity index (χ1v) is 5.87. The predicted octanol–water partition coefficient (Wildman–Crippen LogP) is 0.0433. The molecule has 0 aromatic heterocycles. The summed E-state index contributed by atoms with van der Waals surface area (Å²) in [6.07, 6.45) is -0.319. The van der Waals surface area contributed by atoms with Crippen molar-refractivity contribution in [1.82, 2.24) is 5.32 Å². The maximum absolute atomic E-state index is 11.8. The zero-order chi connectivity index (χ0) is 16.0. The van der Waals surface area contributed by atoms with Crippen molar-refractivity contribution in [1.29, 1.82) is 0 Å². The highest BCUT2D eigenvalue weighted by Crippen LogP contribution is 2.12. The number of carboxylic acid groups (broad SMARTS) is 1. The average molecular weight is 295 g/mol. The summed E-state index contributed by atoms with van der Waals surface area (Å²) in [6, 6.07) is 3.42. The number of carboxylic acids is 1. The summed E-state index contributed by atoms with van der Waals surface area (Å²) in [7, 11) is 0. The van der Waals surface area contributed by atoms with E-state index >= 15 is 0 Å². The second-order valence-corrected chi connectivity index (χ2v) is 4.17. The number of nitro groups is 1. The number of carbonyl (C=O) groups is 3. The van der Waals surface area contributed by atoms with Gasteiger partial charge in [0.05, 0.1) is 4.92 Å². The summed E-state index contributed by atoms with van der Waals surface area (Å²) >= 11 is 0. The van der Waals surface area contributed by atoms with E-state index < -0.39 is 28.7 Å². The van der Waals surface area contributed by atoms with Crippen molar-refractivity contribution < 1.29 is 24.4 Å². The number of nitrogens with zero attached hydrogens (tertiary/aromatic N) is 1. The van der Waals surface area contributed by atoms with Crippen LogP contribution in [0.25, 0.3) is 0 Å². The van der Waals surface area contributed by atoms with Crippen molar-refractivity contribution >= 4 is 23.5 Å². The van der Waals surface area contributed by atoms with Gasteiger partial charge in [0.1, 0.15) is 6.04 Å². The van der Waals surface area contributed by atoms with E-state index in [-0.39, 0.29) is 24.1 Å². The number of rotatable bonds is 7. The average Bonchev–Trinajstić information content (AvgIpc) is 2.42. The lowest BCUT2D eigenvalue weighted by atomic mass is 10.1. The number of non-ortho nitro benzene ring substituents is 1. The maximum Gasteiger partial charge on any atom is 0.326 e. The SMILES string of the molecule is NC(=O)CCC(NC(=O)c1ccc([N+](=O)[O-])cc1)C(=O)O. The van der Waals surface area contributed by atoms with Gasteiger partial charge in [0.15, 0.2) is 0 Å². The quantitative estimate of drug-likeness (QED) is 0.477. The van der Waals surface area contributed by atoms with Crippen LogP contribution in [0.15, 0.2) is 24.3 Å². The van der Waals surface area contributed by atoms with E-state index in [0.717, 1.165) is 12.1 Å². The Kier molecular flexibility index (Phi) is 5.35. The Bertz CT molecular complexity index is 569. The zero-order valence-corrected chi connectivity index (χ0v) is 10.8. The molecule has 1 aromatic carbocycles. The van der Waals surface area contributed by atoms with Crippen LogP contribution in [0.4, 0.5) is 5.69 Å². The van der Waals surface area contributed by atoms with Gasteiger partial charge in [0, 0.05) is 24.1 Å². The molecular weight excluding hydrogens is 282 g/mol. The van der Waals surface area contributed by atoms with Gasteiger partial charge in [-0.3, -0.25) is 19.7 Å². The first kappa shape index (κ1) is 16.1. The fraction of sp³-hybridized carbons (Fsp3) is 0.250. The largest absolute Gasteiger partial charge is 0.480 e. The molecule has 1 unspecified atom stereocenters. The van der Waals surface area contributed by atoms with Crippen molar-refractivity contribution in [3.05, 3.63) is 39.9 Å². The van der Waals surface area contributed by atoms with Crippen molar-refractivity contribution in [2.75, 3.05) is 0 Å². The number of benzene rings is 1. The Morgan fingerprint density at radius 2 is 1.86 bits per heavy atom. The van der Waals surface area contributed by atoms with E-state index in [1.165, 1.54) is 12.1 Å². The van der Waals surface area contributed by atoms with Crippen LogP contribution in [0.3, 0.4) is 0 Å². The van der Waals surface area contributed by atoms with Crippen LogP contribution in [0.1, 0.15) is 23.2 Å². The molecule has 0 aliphatic heterocycles. The lowest BCUT2D eigenvalue weighted by Crippen LogP contribution is -2.41. The number of primary amides is 1. The summed E-state index contributed by atoms with van der Waals surface area (Å²) in [4.78, 5) is 43.3. The third kappa shape index (κ3) is 4.90. The normalized spacial score (nSPS) is 11.4. The molecule has 0 aliphatic carbocycles. The van der Waals surface area contributed by atoms with Crippen molar-refractivity contribution in [3.63, 3.8) is 0 Å². The van der Waals surface area contributed by atoms with E-state index in [4.69, 9.17) is 10.8 Å². The summed E-state index contributed by atoms with van der Waals surface area (Å²) in [5.74, 6) is -2.68. The topological polar surface area (TPSA) is 153 Å². The first-order chi connectivity index (χ1) is 9.81. The number of nitro benzene ring substituents is 1. The van der Waals surface area contributed by atoms with Crippen LogP contribution in [0.2, 0.25) is 0 Å². The second-order valence-electron chi connectivity index (χ2n) is 4.17. The van der Waals surface area contributed by atoms with Gasteiger partial charge in [-0.15, -0.1) is 0 Å². The van der Waals surface area contributed by atoms with E-state index in [1.807, 2.05) is 0 Å². The maximum atomic E-state index is 11.8. The van der Waals surface area contributed by atoms with E-state index in [9.17, 15) is 24.5 Å². The molecule has 9 heteroatoms. The Morgan fingerprint density at radius 1 is 1.29 bits per heavy atom. The Hall–Kier alpha value is -2.97. The minimum Gasteiger partial charge on any atom is -0.480 e. The lowest BCUT2D eigenvalue weighted by Gasteiger charge is -2.13. The molecule has 0 aliphatic rings. The number of aliphatic carboxylic acids is 1. The van der Waals surface area contributed by atoms with Crippen molar-refractivity contribution in [3.8, 4) is 0 Å². The van der Waals surface area contributed by atoms with Gasteiger partial charge in [-0.1, -0.05) is 0 Å². The molecule has 0 saturated heterocycles. The van der Waals surface area contributed by atoms with E-state index in [0.29, 0.717) is 0 Å². The zero-order valence-electron chi connectivity index (χ0n) is 10.8. The first-order valence-electron chi connectivity index (χ1n) is 5.87. The minimum atomic E-state index is -1.30. The number of hydrogen-bond acceptors (Lipinski definition) is 5. The molecule has 21 heavy (non-hydrogen) atoms. The summed E-state index contributed by atoms with van der Waals surface area (Å²) in [5, 5.41) is 21.6. The third-order valence-corrected chi connectivity index (χ3v) is 2.62. The molecule has 0 radical (unpaired) electrons. The third-order valence-electron chi connectivity index (χ3n) is 2.62. The highest BCUT2D eigenvalue weighted by atomic mass is 16.6. The standard InChI is InChI=1S/C12H13N3O6/c13-10(16)6-5-9(12(18)19)14-11(17)7-1-3-8(4-2-7)15(20)21/h1-4,9H,5-6H2,(H2,13,16)(H,14,17)(H,18,19). The van der Waals surface area contributed by atoms with Crippen LogP contribution in [0, 0.1) is 10.1 Å². The van der Waals surface area contributed by atoms with Gasteiger partial charge in [-0.05, 0) is 18.6 Å². The van der Waals surface area contributed by atoms with Crippen LogP contribution < -0.4 is 11.1 Å². The molecule has 112 valence electrons. The van der Waals surface area contributed by atoms with E-state index in [1.54, 1.807) is 0 Å². The molecule has 9 nitrogen and oxygen atoms in total. The number of nitrogens with one attached hydrogen (secondary N) is 1. The molecule has 0 bridgehead atoms. The highest BCUT2D eigenvalue weighted by molar-refractivity contribution is 5.96. The Morgan fingerprint density at radius 3 is 2.29 bits per heavy atom. The van der Waals surface area contributed by atoms with Gasteiger partial charge in [0.2, 0.25) is 5.91 Å². The molecule has 1 rings (SSSR count). The molecule has 2 amide bonds. The minimum absolute atomic E-state index is 0.0749. The van der Waals surface area contributed by atoms with Crippen LogP contribution in [0.5, 0.6) is 0 Å². The Labute approximate surface area is 118 Å². The van der Waals surface area contributed by atoms with Crippen LogP contribution in [-0.4, -0.2) is 33.9 Å². The fourth-order valence-corrected chi connectivity index (χ4v) is 1.52. The van der Waals surface area contributed by atoms with E-state index in [2.05, 4.69) is 5.32 Å². The summed E-state index contributed by atoms with van der Waals surface area (Å²) < 4.78 is 0. The van der Waals surface area contributed by atoms with Gasteiger partial charge in [-0.2, -0.15) is 0 Å². The second kappa shape index (κ2) is 6.98. The number of hydrogen-bond donors (Lipinski definition) is 3. The molecule has 4 N–H and O–H groups in total.